The molecule has 83 valence electrons. The number of aliphatic hydroxyl groups is 1. The minimum Gasteiger partial charge on any atom is -0.490 e. The molecule has 1 aromatic carbocycles. The summed E-state index contributed by atoms with van der Waals surface area (Å²) in [5.41, 5.74) is 1.03. The normalized spacial score (nSPS) is 11.1. The molecule has 0 bridgehead atoms. The van der Waals surface area contributed by atoms with Crippen molar-refractivity contribution in [3.05, 3.63) is 34.2 Å². The lowest BCUT2D eigenvalue weighted by atomic mass is 10.0. The van der Waals surface area contributed by atoms with E-state index in [0.717, 1.165) is 21.7 Å². The minimum atomic E-state index is 0.0802. The van der Waals surface area contributed by atoms with Gasteiger partial charge in [-0.05, 0) is 47.5 Å². The molecule has 0 saturated heterocycles. The van der Waals surface area contributed by atoms with Crippen LogP contribution in [0.4, 0.5) is 0 Å². The lowest BCUT2D eigenvalue weighted by Gasteiger charge is -2.14. The summed E-state index contributed by atoms with van der Waals surface area (Å²) in [4.78, 5) is 0. The summed E-state index contributed by atoms with van der Waals surface area (Å²) in [6.45, 7) is 5.97. The van der Waals surface area contributed by atoms with Crippen molar-refractivity contribution in [2.75, 3.05) is 6.61 Å². The Bertz CT molecular complexity index is 323. The molecule has 1 rings (SSSR count). The van der Waals surface area contributed by atoms with Crippen molar-refractivity contribution >= 4 is 15.9 Å². The molecule has 0 spiro atoms. The van der Waals surface area contributed by atoms with Crippen LogP contribution < -0.4 is 4.74 Å². The van der Waals surface area contributed by atoms with Crippen LogP contribution >= 0.6 is 15.9 Å². The third kappa shape index (κ3) is 3.50. The number of ether oxygens (including phenoxy) is 1. The Labute approximate surface area is 99.4 Å². The summed E-state index contributed by atoms with van der Waals surface area (Å²) in [5, 5.41) is 9.01. The lowest BCUT2D eigenvalue weighted by Crippen LogP contribution is -2.06. The number of benzene rings is 1. The molecule has 0 atom stereocenters. The monoisotopic (exact) mass is 271 g/mol. The van der Waals surface area contributed by atoms with E-state index in [1.807, 2.05) is 39.0 Å². The van der Waals surface area contributed by atoms with Crippen LogP contribution in [-0.2, 0) is 0 Å². The molecule has 0 unspecified atom stereocenters. The van der Waals surface area contributed by atoms with Crippen LogP contribution in [0, 0.1) is 5.92 Å². The highest BCUT2D eigenvalue weighted by molar-refractivity contribution is 9.10. The number of rotatable bonds is 4. The van der Waals surface area contributed by atoms with E-state index in [2.05, 4.69) is 15.9 Å². The fraction of sp³-hybridized carbons (Fsp3) is 0.417. The Morgan fingerprint density at radius 1 is 1.47 bits per heavy atom. The van der Waals surface area contributed by atoms with Gasteiger partial charge in [-0.25, -0.2) is 0 Å². The van der Waals surface area contributed by atoms with Crippen LogP contribution in [0.5, 0.6) is 5.75 Å². The van der Waals surface area contributed by atoms with Gasteiger partial charge in [0.05, 0.1) is 17.2 Å². The molecular formula is C12H16BrO2. The summed E-state index contributed by atoms with van der Waals surface area (Å²) in [5.74, 6) is 1.78. The highest BCUT2D eigenvalue weighted by Crippen LogP contribution is 2.29. The Morgan fingerprint density at radius 2 is 2.13 bits per heavy atom. The first kappa shape index (κ1) is 12.5. The van der Waals surface area contributed by atoms with Gasteiger partial charge in [-0.15, -0.1) is 0 Å². The first-order valence-corrected chi connectivity index (χ1v) is 5.73. The van der Waals surface area contributed by atoms with Gasteiger partial charge in [0.25, 0.3) is 0 Å². The van der Waals surface area contributed by atoms with Gasteiger partial charge in [-0.1, -0.05) is 13.0 Å². The Kier molecular flexibility index (Phi) is 4.61. The first-order valence-electron chi connectivity index (χ1n) is 4.94. The van der Waals surface area contributed by atoms with E-state index in [1.165, 1.54) is 0 Å². The molecule has 2 nitrogen and oxygen atoms in total. The highest BCUT2D eigenvalue weighted by Gasteiger charge is 2.09. The number of hydrogen-bond donors (Lipinski definition) is 1. The van der Waals surface area contributed by atoms with Gasteiger partial charge in [0.15, 0.2) is 0 Å². The molecule has 0 aliphatic carbocycles. The fourth-order valence-corrected chi connectivity index (χ4v) is 1.68. The van der Waals surface area contributed by atoms with Crippen molar-refractivity contribution in [2.45, 2.75) is 26.9 Å². The van der Waals surface area contributed by atoms with Crippen LogP contribution in [-0.4, -0.2) is 17.8 Å². The quantitative estimate of drug-likeness (QED) is 0.912. The zero-order valence-corrected chi connectivity index (χ0v) is 10.8. The molecule has 0 saturated carbocycles. The maximum absolute atomic E-state index is 9.01. The third-order valence-electron chi connectivity index (χ3n) is 2.02. The molecular weight excluding hydrogens is 256 g/mol. The highest BCUT2D eigenvalue weighted by atomic mass is 79.9. The van der Waals surface area contributed by atoms with E-state index in [-0.39, 0.29) is 12.7 Å². The first-order chi connectivity index (χ1) is 7.04. The van der Waals surface area contributed by atoms with E-state index >= 15 is 0 Å². The number of aliphatic hydroxyl groups excluding tert-OH is 1. The van der Waals surface area contributed by atoms with Crippen molar-refractivity contribution in [1.29, 1.82) is 0 Å². The van der Waals surface area contributed by atoms with Crippen molar-refractivity contribution in [2.24, 2.45) is 0 Å². The molecule has 0 heterocycles. The molecule has 0 aromatic heterocycles. The van der Waals surface area contributed by atoms with Crippen molar-refractivity contribution in [1.82, 2.24) is 0 Å². The van der Waals surface area contributed by atoms with Crippen LogP contribution in [0.3, 0.4) is 0 Å². The van der Waals surface area contributed by atoms with Crippen LogP contribution in [0.1, 0.15) is 26.3 Å². The lowest BCUT2D eigenvalue weighted by molar-refractivity contribution is 0.240. The van der Waals surface area contributed by atoms with Gasteiger partial charge in [-0.2, -0.15) is 0 Å². The molecule has 0 amide bonds. The molecule has 1 radical (unpaired) electrons. The van der Waals surface area contributed by atoms with Gasteiger partial charge >= 0.3 is 0 Å². The van der Waals surface area contributed by atoms with Gasteiger partial charge in [0.2, 0.25) is 0 Å². The average molecular weight is 272 g/mol. The molecule has 0 aliphatic rings. The second-order valence-electron chi connectivity index (χ2n) is 3.75. The van der Waals surface area contributed by atoms with Crippen LogP contribution in [0.15, 0.2) is 22.7 Å². The minimum absolute atomic E-state index is 0.0802. The molecule has 15 heavy (non-hydrogen) atoms. The molecule has 3 heteroatoms. The largest absolute Gasteiger partial charge is 0.490 e. The van der Waals surface area contributed by atoms with E-state index in [4.69, 9.17) is 9.84 Å². The van der Waals surface area contributed by atoms with Crippen LogP contribution in [0.25, 0.3) is 0 Å². The molecule has 0 aliphatic heterocycles. The molecule has 0 fully saturated rings. The average Bonchev–Trinajstić information content (AvgIpc) is 2.19. The van der Waals surface area contributed by atoms with E-state index in [1.54, 1.807) is 0 Å². The van der Waals surface area contributed by atoms with Crippen molar-refractivity contribution in [3.8, 4) is 5.75 Å². The number of halogens is 1. The maximum Gasteiger partial charge on any atom is 0.133 e. The summed E-state index contributed by atoms with van der Waals surface area (Å²) in [6.07, 6.45) is 0.162. The predicted molar refractivity (Wildman–Crippen MR) is 65.0 cm³/mol. The Hall–Kier alpha value is -0.540. The van der Waals surface area contributed by atoms with Gasteiger partial charge in [0.1, 0.15) is 5.75 Å². The smallest absolute Gasteiger partial charge is 0.133 e. The summed E-state index contributed by atoms with van der Waals surface area (Å²) in [7, 11) is 0. The fourth-order valence-electron chi connectivity index (χ4n) is 1.21. The van der Waals surface area contributed by atoms with Gasteiger partial charge < -0.3 is 9.84 Å². The maximum atomic E-state index is 9.01. The summed E-state index contributed by atoms with van der Waals surface area (Å²) < 4.78 is 6.51. The van der Waals surface area contributed by atoms with Gasteiger partial charge in [-0.3, -0.25) is 0 Å². The summed E-state index contributed by atoms with van der Waals surface area (Å²) in [6, 6.07) is 5.83. The molecule has 1 aromatic rings. The predicted octanol–water partition coefficient (Wildman–Crippen LogP) is 3.17. The topological polar surface area (TPSA) is 29.5 Å². The zero-order chi connectivity index (χ0) is 11.4. The summed E-state index contributed by atoms with van der Waals surface area (Å²) >= 11 is 3.45. The van der Waals surface area contributed by atoms with E-state index < -0.39 is 0 Å². The van der Waals surface area contributed by atoms with Gasteiger partial charge in [0, 0.05) is 5.92 Å². The van der Waals surface area contributed by atoms with E-state index in [0.29, 0.717) is 0 Å². The molecule has 1 N–H and O–H groups in total. The Balaban J connectivity index is 2.88. The third-order valence-corrected chi connectivity index (χ3v) is 2.64. The standard InChI is InChI=1S/C12H16BrO2/c1-8(2)15-12-5-4-10(6-11(12)13)9(3)7-14/h4-6,8,14H,7H2,1-3H3. The number of hydrogen-bond acceptors (Lipinski definition) is 2. The Morgan fingerprint density at radius 3 is 2.60 bits per heavy atom. The zero-order valence-electron chi connectivity index (χ0n) is 9.25. The second kappa shape index (κ2) is 5.52. The SMILES string of the molecule is C[C](CO)c1ccc(OC(C)C)c(Br)c1. The second-order valence-corrected chi connectivity index (χ2v) is 4.60. The van der Waals surface area contributed by atoms with E-state index in [9.17, 15) is 0 Å². The van der Waals surface area contributed by atoms with Crippen molar-refractivity contribution in [3.63, 3.8) is 0 Å². The van der Waals surface area contributed by atoms with Crippen LogP contribution in [0.2, 0.25) is 0 Å². The van der Waals surface area contributed by atoms with Crippen molar-refractivity contribution < 1.29 is 9.84 Å².